The molecule has 0 bridgehead atoms. The summed E-state index contributed by atoms with van der Waals surface area (Å²) in [5.41, 5.74) is 0. The highest BCUT2D eigenvalue weighted by molar-refractivity contribution is 8.17. The van der Waals surface area contributed by atoms with Crippen LogP contribution in [0.25, 0.3) is 0 Å². The van der Waals surface area contributed by atoms with Gasteiger partial charge in [-0.2, -0.15) is 0 Å². The third-order valence-electron chi connectivity index (χ3n) is 1.75. The van der Waals surface area contributed by atoms with E-state index in [4.69, 9.17) is 0 Å². The molecule has 0 amide bonds. The van der Waals surface area contributed by atoms with Gasteiger partial charge in [0, 0.05) is 0 Å². The molecule has 0 N–H and O–H groups in total. The van der Waals surface area contributed by atoms with Crippen LogP contribution >= 0.6 is 10.9 Å². The molecule has 0 aromatic carbocycles. The lowest BCUT2D eigenvalue weighted by Gasteiger charge is -2.24. The molecule has 0 heterocycles. The number of rotatable bonds is 5. The molecule has 0 nitrogen and oxygen atoms in total. The van der Waals surface area contributed by atoms with Crippen LogP contribution in [0.4, 0.5) is 0 Å². The Bertz CT molecular complexity index is 63.1. The predicted molar refractivity (Wildman–Crippen MR) is 54.4 cm³/mol. The Morgan fingerprint density at radius 2 is 1.40 bits per heavy atom. The van der Waals surface area contributed by atoms with E-state index in [9.17, 15) is 0 Å². The third kappa shape index (κ3) is 4.21. The summed E-state index contributed by atoms with van der Waals surface area (Å²) < 4.78 is 0. The SMILES string of the molecule is CCC[SH](CCC)C(C)C. The van der Waals surface area contributed by atoms with Gasteiger partial charge in [0.25, 0.3) is 0 Å². The van der Waals surface area contributed by atoms with Crippen molar-refractivity contribution in [3.8, 4) is 0 Å². The molecule has 0 saturated heterocycles. The van der Waals surface area contributed by atoms with Crippen molar-refractivity contribution in [1.82, 2.24) is 0 Å². The largest absolute Gasteiger partial charge is 0.251 e. The van der Waals surface area contributed by atoms with E-state index in [1.165, 1.54) is 24.3 Å². The zero-order chi connectivity index (χ0) is 7.98. The van der Waals surface area contributed by atoms with Crippen LogP contribution in [-0.2, 0) is 0 Å². The molecule has 0 aromatic rings. The molecule has 1 heteroatoms. The van der Waals surface area contributed by atoms with Gasteiger partial charge in [-0.25, -0.2) is 0 Å². The molecule has 0 fully saturated rings. The fraction of sp³-hybridized carbons (Fsp3) is 1.00. The summed E-state index contributed by atoms with van der Waals surface area (Å²) in [4.78, 5) is 0. The van der Waals surface area contributed by atoms with Crippen LogP contribution in [0.1, 0.15) is 40.5 Å². The second kappa shape index (κ2) is 6.09. The summed E-state index contributed by atoms with van der Waals surface area (Å²) in [6.07, 6.45) is 2.76. The van der Waals surface area contributed by atoms with Crippen molar-refractivity contribution in [1.29, 1.82) is 0 Å². The van der Waals surface area contributed by atoms with Gasteiger partial charge in [0.15, 0.2) is 0 Å². The molecular weight excluding hydrogens is 140 g/mol. The van der Waals surface area contributed by atoms with Gasteiger partial charge in [0.2, 0.25) is 0 Å². The van der Waals surface area contributed by atoms with E-state index >= 15 is 0 Å². The quantitative estimate of drug-likeness (QED) is 0.590. The fourth-order valence-electron chi connectivity index (χ4n) is 1.20. The smallest absolute Gasteiger partial charge is 0.0193 e. The summed E-state index contributed by atoms with van der Waals surface area (Å²) >= 11 is 0. The zero-order valence-corrected chi connectivity index (χ0v) is 8.75. The first-order valence-electron chi connectivity index (χ1n) is 4.46. The second-order valence-corrected chi connectivity index (χ2v) is 6.23. The molecule has 10 heavy (non-hydrogen) atoms. The summed E-state index contributed by atoms with van der Waals surface area (Å²) in [6.45, 7) is 9.34. The molecule has 0 unspecified atom stereocenters. The Balaban J connectivity index is 3.50. The first-order chi connectivity index (χ1) is 4.72. The molecule has 0 aliphatic heterocycles. The maximum Gasteiger partial charge on any atom is -0.0193 e. The van der Waals surface area contributed by atoms with Crippen LogP contribution in [0.15, 0.2) is 0 Å². The van der Waals surface area contributed by atoms with Gasteiger partial charge < -0.3 is 0 Å². The van der Waals surface area contributed by atoms with Crippen molar-refractivity contribution in [3.05, 3.63) is 0 Å². The zero-order valence-electron chi connectivity index (χ0n) is 7.85. The van der Waals surface area contributed by atoms with Gasteiger partial charge in [0.05, 0.1) is 0 Å². The summed E-state index contributed by atoms with van der Waals surface area (Å²) in [5, 5.41) is 0.954. The van der Waals surface area contributed by atoms with Crippen LogP contribution in [-0.4, -0.2) is 16.8 Å². The average Bonchev–Trinajstić information content (AvgIpc) is 1.87. The van der Waals surface area contributed by atoms with Gasteiger partial charge in [-0.1, -0.05) is 27.7 Å². The molecule has 0 aromatic heterocycles. The van der Waals surface area contributed by atoms with Crippen molar-refractivity contribution in [3.63, 3.8) is 0 Å². The van der Waals surface area contributed by atoms with Crippen molar-refractivity contribution in [2.45, 2.75) is 45.8 Å². The maximum atomic E-state index is 2.37. The topological polar surface area (TPSA) is 0 Å². The van der Waals surface area contributed by atoms with Crippen molar-refractivity contribution in [2.75, 3.05) is 11.5 Å². The van der Waals surface area contributed by atoms with Gasteiger partial charge in [-0.05, 0) is 29.6 Å². The number of hydrogen-bond donors (Lipinski definition) is 1. The standard InChI is InChI=1S/C9H22S/c1-5-7-10(8-6-2)9(3)4/h9-10H,5-8H2,1-4H3. The Morgan fingerprint density at radius 1 is 1.00 bits per heavy atom. The van der Waals surface area contributed by atoms with Crippen LogP contribution in [0.5, 0.6) is 0 Å². The second-order valence-electron chi connectivity index (χ2n) is 3.13. The Hall–Kier alpha value is 0.350. The van der Waals surface area contributed by atoms with Crippen LogP contribution in [0, 0.1) is 0 Å². The first-order valence-corrected chi connectivity index (χ1v) is 6.24. The Labute approximate surface area is 68.7 Å². The van der Waals surface area contributed by atoms with E-state index in [0.717, 1.165) is 5.25 Å². The summed E-state index contributed by atoms with van der Waals surface area (Å²) in [6, 6.07) is 0. The minimum atomic E-state index is 0.380. The molecule has 0 rings (SSSR count). The molecule has 0 aliphatic carbocycles. The third-order valence-corrected chi connectivity index (χ3v) is 5.26. The molecule has 0 spiro atoms. The highest BCUT2D eigenvalue weighted by Gasteiger charge is 2.04. The van der Waals surface area contributed by atoms with Gasteiger partial charge in [-0.3, -0.25) is 10.9 Å². The first kappa shape index (κ1) is 10.3. The number of thiol groups is 1. The van der Waals surface area contributed by atoms with E-state index in [1.807, 2.05) is 0 Å². The van der Waals surface area contributed by atoms with Gasteiger partial charge in [-0.15, -0.1) is 0 Å². The van der Waals surface area contributed by atoms with E-state index in [-0.39, 0.29) is 0 Å². The fourth-order valence-corrected chi connectivity index (χ4v) is 3.61. The van der Waals surface area contributed by atoms with Crippen LogP contribution in [0.3, 0.4) is 0 Å². The van der Waals surface area contributed by atoms with Crippen LogP contribution < -0.4 is 0 Å². The predicted octanol–water partition coefficient (Wildman–Crippen LogP) is 3.22. The normalized spacial score (nSPS) is 12.3. The van der Waals surface area contributed by atoms with Gasteiger partial charge in [0.1, 0.15) is 0 Å². The van der Waals surface area contributed by atoms with Crippen molar-refractivity contribution < 1.29 is 0 Å². The van der Waals surface area contributed by atoms with Crippen molar-refractivity contribution in [2.24, 2.45) is 0 Å². The Morgan fingerprint density at radius 3 is 1.60 bits per heavy atom. The number of hydrogen-bond acceptors (Lipinski definition) is 0. The van der Waals surface area contributed by atoms with E-state index < -0.39 is 0 Å². The van der Waals surface area contributed by atoms with E-state index in [1.54, 1.807) is 0 Å². The van der Waals surface area contributed by atoms with Crippen molar-refractivity contribution >= 4 is 10.9 Å². The molecule has 0 aliphatic rings. The minimum absolute atomic E-state index is 0.380. The molecule has 64 valence electrons. The molecule has 0 atom stereocenters. The molecule has 0 saturated carbocycles. The molecule has 0 radical (unpaired) electrons. The highest BCUT2D eigenvalue weighted by atomic mass is 32.2. The lowest BCUT2D eigenvalue weighted by Crippen LogP contribution is -2.04. The lowest BCUT2D eigenvalue weighted by atomic mass is 10.5. The minimum Gasteiger partial charge on any atom is -0.251 e. The maximum absolute atomic E-state index is 2.37. The van der Waals surface area contributed by atoms with E-state index in [2.05, 4.69) is 27.7 Å². The lowest BCUT2D eigenvalue weighted by molar-refractivity contribution is 1.02. The molecular formula is C9H22S. The summed E-state index contributed by atoms with van der Waals surface area (Å²) in [7, 11) is 0.380. The average molecular weight is 162 g/mol. The van der Waals surface area contributed by atoms with Gasteiger partial charge >= 0.3 is 0 Å². The monoisotopic (exact) mass is 162 g/mol. The van der Waals surface area contributed by atoms with Crippen LogP contribution in [0.2, 0.25) is 0 Å². The Kier molecular flexibility index (Phi) is 6.30. The summed E-state index contributed by atoms with van der Waals surface area (Å²) in [5.74, 6) is 2.97. The highest BCUT2D eigenvalue weighted by Crippen LogP contribution is 2.32. The van der Waals surface area contributed by atoms with E-state index in [0.29, 0.717) is 10.9 Å².